The second-order valence-corrected chi connectivity index (χ2v) is 15.6. The number of halogens is 2. The topological polar surface area (TPSA) is 87.9 Å². The Kier molecular flexibility index (Phi) is 8.40. The fourth-order valence-electron chi connectivity index (χ4n) is 9.68. The first-order valence-corrected chi connectivity index (χ1v) is 19.6. The van der Waals surface area contributed by atoms with Crippen LogP contribution in [0.5, 0.6) is 0 Å². The van der Waals surface area contributed by atoms with Crippen molar-refractivity contribution in [2.45, 2.75) is 81.5 Å². The molecule has 1 unspecified atom stereocenters. The van der Waals surface area contributed by atoms with Crippen LogP contribution in [0.2, 0.25) is 0 Å². The van der Waals surface area contributed by atoms with Crippen LogP contribution >= 0.6 is 0 Å². The molecule has 0 spiro atoms. The van der Waals surface area contributed by atoms with E-state index >= 15 is 8.78 Å². The van der Waals surface area contributed by atoms with Crippen molar-refractivity contribution in [3.8, 4) is 0 Å². The zero-order valence-electron chi connectivity index (χ0n) is 29.9. The maximum atomic E-state index is 16.5. The summed E-state index contributed by atoms with van der Waals surface area (Å²) >= 11 is 0. The average Bonchev–Trinajstić information content (AvgIpc) is 4.03. The first-order valence-electron chi connectivity index (χ1n) is 19.6. The molecule has 4 aliphatic heterocycles. The summed E-state index contributed by atoms with van der Waals surface area (Å²) in [5.41, 5.74) is 7.95. The van der Waals surface area contributed by atoms with Gasteiger partial charge in [-0.3, -0.25) is 0 Å². The molecule has 0 saturated carbocycles. The number of rotatable bonds is 7. The van der Waals surface area contributed by atoms with Crippen molar-refractivity contribution in [3.05, 3.63) is 119 Å². The van der Waals surface area contributed by atoms with Gasteiger partial charge >= 0.3 is 0 Å². The minimum Gasteiger partial charge on any atom is -0.366 e. The summed E-state index contributed by atoms with van der Waals surface area (Å²) in [5, 5.41) is 7.10. The molecule has 0 amide bonds. The highest BCUT2D eigenvalue weighted by Crippen LogP contribution is 2.49. The van der Waals surface area contributed by atoms with E-state index in [4.69, 9.17) is 9.97 Å². The first kappa shape index (κ1) is 32.8. The second-order valence-electron chi connectivity index (χ2n) is 15.6. The summed E-state index contributed by atoms with van der Waals surface area (Å²) in [7, 11) is 0. The molecular formula is C43H46F2N8. The Hall–Kier alpha value is -4.80. The Labute approximate surface area is 308 Å². The third-order valence-corrected chi connectivity index (χ3v) is 12.3. The quantitative estimate of drug-likeness (QED) is 0.132. The van der Waals surface area contributed by atoms with Gasteiger partial charge in [-0.05, 0) is 118 Å². The number of piperidine rings is 1. The van der Waals surface area contributed by atoms with Gasteiger partial charge in [0, 0.05) is 24.7 Å². The lowest BCUT2D eigenvalue weighted by Gasteiger charge is -2.36. The van der Waals surface area contributed by atoms with Gasteiger partial charge in [-0.15, -0.1) is 0 Å². The molecule has 2 aromatic heterocycles. The van der Waals surface area contributed by atoms with Gasteiger partial charge in [0.25, 0.3) is 0 Å². The molecule has 10 heteroatoms. The largest absolute Gasteiger partial charge is 0.366 e. The summed E-state index contributed by atoms with van der Waals surface area (Å²) in [6.45, 7) is 3.24. The number of imidazole rings is 2. The van der Waals surface area contributed by atoms with Crippen molar-refractivity contribution in [3.63, 3.8) is 0 Å². The van der Waals surface area contributed by atoms with E-state index in [0.717, 1.165) is 109 Å². The van der Waals surface area contributed by atoms with Crippen LogP contribution in [0.4, 0.5) is 20.2 Å². The van der Waals surface area contributed by atoms with E-state index in [1.54, 1.807) is 12.1 Å². The van der Waals surface area contributed by atoms with Crippen molar-refractivity contribution in [1.82, 2.24) is 30.6 Å². The maximum Gasteiger partial charge on any atom is 0.151 e. The van der Waals surface area contributed by atoms with Crippen LogP contribution < -0.4 is 20.4 Å². The number of benzene rings is 4. The van der Waals surface area contributed by atoms with Gasteiger partial charge in [0.1, 0.15) is 17.3 Å². The first-order chi connectivity index (χ1) is 26.1. The van der Waals surface area contributed by atoms with Crippen molar-refractivity contribution < 1.29 is 8.78 Å². The number of aromatic nitrogens is 4. The Morgan fingerprint density at radius 2 is 1.19 bits per heavy atom. The van der Waals surface area contributed by atoms with Gasteiger partial charge < -0.3 is 30.4 Å². The molecule has 0 aliphatic carbocycles. The third kappa shape index (κ3) is 6.05. The third-order valence-electron chi connectivity index (χ3n) is 12.3. The van der Waals surface area contributed by atoms with Crippen LogP contribution in [0, 0.1) is 11.6 Å². The second kappa shape index (κ2) is 13.6. The van der Waals surface area contributed by atoms with E-state index in [9.17, 15) is 0 Å². The number of nitrogens with one attached hydrogen (secondary N) is 4. The Balaban J connectivity index is 1.02. The highest BCUT2D eigenvalue weighted by atomic mass is 19.1. The molecule has 5 atom stereocenters. The SMILES string of the molecule is Fc1cc(N2[C@@H](c3ccc4nc([C@@H]5CCCN5)[nH]c4c3)CC[C@H]2c2ccc3nc([C@@H]4CCCN4)[nH]c3c2)cc(F)c1N1CCCC(c2ccccc2)C1. The van der Waals surface area contributed by atoms with Gasteiger partial charge in [-0.25, -0.2) is 18.7 Å². The number of nitrogens with zero attached hydrogens (tertiary/aromatic N) is 4. The van der Waals surface area contributed by atoms with Crippen LogP contribution in [0.1, 0.15) is 110 Å². The molecule has 6 heterocycles. The van der Waals surface area contributed by atoms with E-state index in [1.165, 1.54) is 5.56 Å². The van der Waals surface area contributed by atoms with Crippen LogP contribution in [0.25, 0.3) is 22.1 Å². The summed E-state index contributed by atoms with van der Waals surface area (Å²) in [6.07, 6.45) is 8.02. The van der Waals surface area contributed by atoms with Crippen molar-refractivity contribution in [2.24, 2.45) is 0 Å². The zero-order valence-corrected chi connectivity index (χ0v) is 29.9. The summed E-state index contributed by atoms with van der Waals surface area (Å²) < 4.78 is 33.0. The molecule has 0 bridgehead atoms. The normalized spacial score (nSPS) is 25.0. The molecule has 272 valence electrons. The Morgan fingerprint density at radius 1 is 0.604 bits per heavy atom. The average molecular weight is 713 g/mol. The summed E-state index contributed by atoms with van der Waals surface area (Å²) in [4.78, 5) is 21.2. The minimum absolute atomic E-state index is 0.0838. The van der Waals surface area contributed by atoms with Gasteiger partial charge in [0.05, 0.1) is 46.2 Å². The minimum atomic E-state index is -0.506. The summed E-state index contributed by atoms with van der Waals surface area (Å²) in [5.74, 6) is 1.17. The lowest BCUT2D eigenvalue weighted by Crippen LogP contribution is -2.35. The van der Waals surface area contributed by atoms with Crippen LogP contribution in [-0.2, 0) is 0 Å². The van der Waals surface area contributed by atoms with Crippen LogP contribution in [0.3, 0.4) is 0 Å². The van der Waals surface area contributed by atoms with E-state index in [0.29, 0.717) is 18.8 Å². The number of fused-ring (bicyclic) bond motifs is 2. The van der Waals surface area contributed by atoms with E-state index in [1.807, 2.05) is 23.1 Å². The highest BCUT2D eigenvalue weighted by molar-refractivity contribution is 5.78. The molecule has 4 aliphatic rings. The monoisotopic (exact) mass is 712 g/mol. The lowest BCUT2D eigenvalue weighted by atomic mass is 9.90. The number of hydrogen-bond acceptors (Lipinski definition) is 6. The highest BCUT2D eigenvalue weighted by Gasteiger charge is 2.38. The standard InChI is InChI=1S/C43H46F2N8/c44-31-23-30(24-32(45)41(31)52-20-6-9-29(25-52)26-7-2-1-3-8-26)53-39(27-12-14-33-37(21-27)50-42(48-33)35-10-4-18-46-35)16-17-40(53)28-13-15-34-38(22-28)51-43(49-34)36-11-5-19-47-36/h1-3,7-8,12-15,21-24,29,35-36,39-40,46-47H,4-6,9-11,16-20,25H2,(H,48,50)(H,49,51)/t29?,35-,36-,39-,40+/m0/s1. The predicted octanol–water partition coefficient (Wildman–Crippen LogP) is 9.03. The Morgan fingerprint density at radius 3 is 1.74 bits per heavy atom. The predicted molar refractivity (Wildman–Crippen MR) is 206 cm³/mol. The lowest BCUT2D eigenvalue weighted by molar-refractivity contribution is 0.488. The summed E-state index contributed by atoms with van der Waals surface area (Å²) in [6, 6.07) is 26.7. The van der Waals surface area contributed by atoms with E-state index in [2.05, 4.69) is 74.0 Å². The number of hydrogen-bond donors (Lipinski definition) is 4. The smallest absolute Gasteiger partial charge is 0.151 e. The van der Waals surface area contributed by atoms with Crippen molar-refractivity contribution in [1.29, 1.82) is 0 Å². The molecule has 6 aromatic rings. The van der Waals surface area contributed by atoms with Crippen LogP contribution in [0.15, 0.2) is 78.9 Å². The van der Waals surface area contributed by atoms with Gasteiger partial charge in [0.2, 0.25) is 0 Å². The van der Waals surface area contributed by atoms with Crippen LogP contribution in [-0.4, -0.2) is 46.1 Å². The maximum absolute atomic E-state index is 16.5. The van der Waals surface area contributed by atoms with Crippen molar-refractivity contribution >= 4 is 33.4 Å². The Bertz CT molecular complexity index is 2130. The van der Waals surface area contributed by atoms with Gasteiger partial charge in [-0.1, -0.05) is 42.5 Å². The molecule has 4 fully saturated rings. The molecular weight excluding hydrogens is 667 g/mol. The van der Waals surface area contributed by atoms with E-state index in [-0.39, 0.29) is 35.8 Å². The number of anilines is 2. The molecule has 4 saturated heterocycles. The van der Waals surface area contributed by atoms with Gasteiger partial charge in [-0.2, -0.15) is 0 Å². The number of H-pyrrole nitrogens is 2. The van der Waals surface area contributed by atoms with E-state index < -0.39 is 11.6 Å². The molecule has 4 aromatic carbocycles. The van der Waals surface area contributed by atoms with Gasteiger partial charge in [0.15, 0.2) is 11.6 Å². The molecule has 10 rings (SSSR count). The van der Waals surface area contributed by atoms with Crippen molar-refractivity contribution in [2.75, 3.05) is 36.0 Å². The molecule has 53 heavy (non-hydrogen) atoms. The molecule has 0 radical (unpaired) electrons. The zero-order chi connectivity index (χ0) is 35.5. The molecule has 4 N–H and O–H groups in total. The fraction of sp³-hybridized carbons (Fsp3) is 0.395. The molecule has 8 nitrogen and oxygen atoms in total. The number of aromatic amines is 2. The fourth-order valence-corrected chi connectivity index (χ4v) is 9.68.